The molecule has 176 valence electrons. The second kappa shape index (κ2) is 8.02. The average Bonchev–Trinajstić information content (AvgIpc) is 3.34. The molecular weight excluding hydrogens is 468 g/mol. The number of nitrogens with zero attached hydrogens (tertiary/aromatic N) is 3. The Morgan fingerprint density at radius 2 is 1.91 bits per heavy atom. The van der Waals surface area contributed by atoms with E-state index in [1.54, 1.807) is 0 Å². The standard InChI is InChI=1S/C25H20N4O5S/c30-20-12-16(26-24-29(20)18-9-3-4-10-19(18)35-24)14-34-21(31)13-28-22(32)25(27-23(28)33)11-5-7-15-6-1-2-8-17(15)25/h1-4,6,8-10,12H,5,7,11,13-14H2,(H,27,33). The molecule has 3 heterocycles. The molecule has 1 saturated heterocycles. The minimum atomic E-state index is -1.14. The van der Waals surface area contributed by atoms with E-state index in [0.717, 1.165) is 39.1 Å². The van der Waals surface area contributed by atoms with Crippen molar-refractivity contribution in [2.75, 3.05) is 6.54 Å². The normalized spacial score (nSPS) is 19.4. The SMILES string of the molecule is O=C(CN1C(=O)NC2(CCCc3ccccc32)C1=O)OCc1cc(=O)n2c(n1)sc1ccccc12. The number of carbonyl (C=O) groups is 3. The molecule has 10 heteroatoms. The Morgan fingerprint density at radius 3 is 2.80 bits per heavy atom. The lowest BCUT2D eigenvalue weighted by atomic mass is 9.76. The van der Waals surface area contributed by atoms with Gasteiger partial charge in [0.25, 0.3) is 11.5 Å². The zero-order chi connectivity index (χ0) is 24.2. The first-order valence-electron chi connectivity index (χ1n) is 11.2. The van der Waals surface area contributed by atoms with Gasteiger partial charge in [-0.1, -0.05) is 47.7 Å². The van der Waals surface area contributed by atoms with Crippen LogP contribution in [0.3, 0.4) is 0 Å². The molecule has 1 spiro atoms. The average molecular weight is 489 g/mol. The van der Waals surface area contributed by atoms with Crippen LogP contribution in [0.25, 0.3) is 15.2 Å². The Kier molecular flexibility index (Phi) is 4.92. The first-order valence-corrected chi connectivity index (χ1v) is 12.1. The number of hydrogen-bond acceptors (Lipinski definition) is 7. The van der Waals surface area contributed by atoms with Gasteiger partial charge in [-0.15, -0.1) is 0 Å². The number of rotatable bonds is 4. The largest absolute Gasteiger partial charge is 0.458 e. The van der Waals surface area contributed by atoms with Crippen molar-refractivity contribution in [3.8, 4) is 0 Å². The third kappa shape index (κ3) is 3.40. The molecule has 4 aromatic rings. The minimum Gasteiger partial charge on any atom is -0.458 e. The summed E-state index contributed by atoms with van der Waals surface area (Å²) >= 11 is 1.36. The summed E-state index contributed by atoms with van der Waals surface area (Å²) in [5, 5.41) is 2.82. The highest BCUT2D eigenvalue weighted by molar-refractivity contribution is 7.23. The van der Waals surface area contributed by atoms with Crippen LogP contribution in [-0.2, 0) is 32.9 Å². The molecule has 35 heavy (non-hydrogen) atoms. The van der Waals surface area contributed by atoms with Gasteiger partial charge < -0.3 is 10.1 Å². The summed E-state index contributed by atoms with van der Waals surface area (Å²) in [6.07, 6.45) is 2.06. The van der Waals surface area contributed by atoms with Crippen molar-refractivity contribution in [1.82, 2.24) is 19.6 Å². The number of benzene rings is 2. The number of hydrogen-bond donors (Lipinski definition) is 1. The van der Waals surface area contributed by atoms with Crippen LogP contribution in [0.2, 0.25) is 0 Å². The quantitative estimate of drug-likeness (QED) is 0.349. The van der Waals surface area contributed by atoms with Crippen molar-refractivity contribution >= 4 is 44.4 Å². The Hall–Kier alpha value is -4.05. The highest BCUT2D eigenvalue weighted by Gasteiger charge is 2.54. The third-order valence-electron chi connectivity index (χ3n) is 6.57. The molecule has 3 amide bonds. The Labute approximate surface area is 203 Å². The number of para-hydroxylation sites is 1. The molecule has 0 radical (unpaired) electrons. The number of amides is 3. The number of esters is 1. The monoisotopic (exact) mass is 488 g/mol. The van der Waals surface area contributed by atoms with E-state index < -0.39 is 30.0 Å². The van der Waals surface area contributed by atoms with Gasteiger partial charge in [-0.3, -0.25) is 23.7 Å². The molecule has 1 fully saturated rings. The maximum atomic E-state index is 13.3. The molecule has 6 rings (SSSR count). The number of urea groups is 1. The maximum absolute atomic E-state index is 13.3. The van der Waals surface area contributed by atoms with Gasteiger partial charge in [0.05, 0.1) is 15.9 Å². The molecule has 1 aliphatic carbocycles. The fourth-order valence-electron chi connectivity index (χ4n) is 4.98. The van der Waals surface area contributed by atoms with Crippen LogP contribution >= 0.6 is 11.3 Å². The van der Waals surface area contributed by atoms with E-state index in [9.17, 15) is 19.2 Å². The van der Waals surface area contributed by atoms with Gasteiger partial charge >= 0.3 is 12.0 Å². The van der Waals surface area contributed by atoms with E-state index in [4.69, 9.17) is 4.74 Å². The van der Waals surface area contributed by atoms with Crippen molar-refractivity contribution in [1.29, 1.82) is 0 Å². The highest BCUT2D eigenvalue weighted by atomic mass is 32.1. The number of imide groups is 1. The molecule has 1 atom stereocenters. The smallest absolute Gasteiger partial charge is 0.326 e. The molecule has 2 aromatic carbocycles. The van der Waals surface area contributed by atoms with Gasteiger partial charge in [0.2, 0.25) is 0 Å². The second-order valence-corrected chi connectivity index (χ2v) is 9.68. The van der Waals surface area contributed by atoms with E-state index in [-0.39, 0.29) is 12.2 Å². The summed E-state index contributed by atoms with van der Waals surface area (Å²) in [4.78, 5) is 57.1. The first-order chi connectivity index (χ1) is 17.0. The van der Waals surface area contributed by atoms with E-state index in [0.29, 0.717) is 17.1 Å². The summed E-state index contributed by atoms with van der Waals surface area (Å²) in [5.41, 5.74) is 1.45. The Bertz CT molecular complexity index is 1590. The first kappa shape index (κ1) is 21.5. The van der Waals surface area contributed by atoms with Gasteiger partial charge in [-0.25, -0.2) is 9.78 Å². The van der Waals surface area contributed by atoms with Crippen molar-refractivity contribution in [2.24, 2.45) is 0 Å². The summed E-state index contributed by atoms with van der Waals surface area (Å²) in [5.74, 6) is -1.21. The fourth-order valence-corrected chi connectivity index (χ4v) is 6.03. The zero-order valence-corrected chi connectivity index (χ0v) is 19.3. The van der Waals surface area contributed by atoms with Crippen LogP contribution in [0.1, 0.15) is 29.7 Å². The van der Waals surface area contributed by atoms with E-state index in [1.165, 1.54) is 21.8 Å². The second-order valence-electron chi connectivity index (χ2n) is 8.67. The molecule has 2 aliphatic rings. The van der Waals surface area contributed by atoms with Gasteiger partial charge in [0, 0.05) is 6.07 Å². The minimum absolute atomic E-state index is 0.240. The van der Waals surface area contributed by atoms with Crippen LogP contribution in [0.5, 0.6) is 0 Å². The molecule has 0 bridgehead atoms. The molecule has 1 unspecified atom stereocenters. The number of aromatic nitrogens is 2. The lowest BCUT2D eigenvalue weighted by Gasteiger charge is -2.33. The van der Waals surface area contributed by atoms with Gasteiger partial charge in [0.15, 0.2) is 4.96 Å². The van der Waals surface area contributed by atoms with E-state index in [2.05, 4.69) is 10.3 Å². The highest BCUT2D eigenvalue weighted by Crippen LogP contribution is 2.39. The number of aryl methyl sites for hydroxylation is 1. The van der Waals surface area contributed by atoms with E-state index >= 15 is 0 Å². The van der Waals surface area contributed by atoms with E-state index in [1.807, 2.05) is 48.5 Å². The Balaban J connectivity index is 1.18. The van der Waals surface area contributed by atoms with Gasteiger partial charge in [0.1, 0.15) is 18.7 Å². The predicted octanol–water partition coefficient (Wildman–Crippen LogP) is 2.74. The van der Waals surface area contributed by atoms with Crippen LogP contribution in [0, 0.1) is 0 Å². The number of fused-ring (bicyclic) bond motifs is 5. The third-order valence-corrected chi connectivity index (χ3v) is 7.59. The van der Waals surface area contributed by atoms with Crippen LogP contribution < -0.4 is 10.9 Å². The molecular formula is C25H20N4O5S. The molecule has 9 nitrogen and oxygen atoms in total. The molecule has 1 aliphatic heterocycles. The number of carbonyl (C=O) groups excluding carboxylic acids is 3. The lowest BCUT2D eigenvalue weighted by Crippen LogP contribution is -2.46. The summed E-state index contributed by atoms with van der Waals surface area (Å²) in [6.45, 7) is -0.755. The van der Waals surface area contributed by atoms with Crippen LogP contribution in [0.4, 0.5) is 4.79 Å². The van der Waals surface area contributed by atoms with Crippen molar-refractivity contribution in [3.63, 3.8) is 0 Å². The number of ether oxygens (including phenoxy) is 1. The van der Waals surface area contributed by atoms with Crippen molar-refractivity contribution < 1.29 is 19.1 Å². The maximum Gasteiger partial charge on any atom is 0.326 e. The summed E-state index contributed by atoms with van der Waals surface area (Å²) in [7, 11) is 0. The van der Waals surface area contributed by atoms with Gasteiger partial charge in [-0.05, 0) is 42.5 Å². The Morgan fingerprint density at radius 1 is 1.11 bits per heavy atom. The summed E-state index contributed by atoms with van der Waals surface area (Å²) < 4.78 is 7.72. The van der Waals surface area contributed by atoms with Gasteiger partial charge in [-0.2, -0.15) is 0 Å². The zero-order valence-electron chi connectivity index (χ0n) is 18.5. The molecule has 2 aromatic heterocycles. The van der Waals surface area contributed by atoms with Crippen molar-refractivity contribution in [2.45, 2.75) is 31.4 Å². The predicted molar refractivity (Wildman–Crippen MR) is 128 cm³/mol. The molecule has 1 N–H and O–H groups in total. The van der Waals surface area contributed by atoms with Crippen molar-refractivity contribution in [3.05, 3.63) is 81.8 Å². The number of thiazole rings is 1. The van der Waals surface area contributed by atoms with Crippen LogP contribution in [-0.4, -0.2) is 38.7 Å². The summed E-state index contributed by atoms with van der Waals surface area (Å²) in [6, 6.07) is 15.7. The lowest BCUT2D eigenvalue weighted by molar-refractivity contribution is -0.149. The molecule has 0 saturated carbocycles. The fraction of sp³-hybridized carbons (Fsp3) is 0.240. The topological polar surface area (TPSA) is 110 Å². The number of nitrogens with one attached hydrogen (secondary N) is 1. The van der Waals surface area contributed by atoms with Crippen LogP contribution in [0.15, 0.2) is 59.4 Å².